The largest absolute Gasteiger partial charge is 3.00 e. The zero-order valence-corrected chi connectivity index (χ0v) is 10.0. The van der Waals surface area contributed by atoms with E-state index in [0.717, 1.165) is 20.8 Å². The Hall–Kier alpha value is -0.928. The SMILES string of the molecule is CC(=O)[O-].CC(=O)[O-].CC(=O)[O-].[Re+3]. The van der Waals surface area contributed by atoms with Crippen LogP contribution in [0, 0.1) is 0 Å². The molecule has 0 aromatic heterocycles. The molecule has 0 spiro atoms. The van der Waals surface area contributed by atoms with Crippen molar-refractivity contribution in [2.75, 3.05) is 0 Å². The molecule has 7 heteroatoms. The molecule has 0 bridgehead atoms. The minimum absolute atomic E-state index is 0. The maximum absolute atomic E-state index is 8.89. The van der Waals surface area contributed by atoms with E-state index in [1.165, 1.54) is 0 Å². The van der Waals surface area contributed by atoms with Gasteiger partial charge in [-0.15, -0.1) is 0 Å². The first-order chi connectivity index (χ1) is 5.20. The van der Waals surface area contributed by atoms with Crippen LogP contribution in [0.2, 0.25) is 0 Å². The van der Waals surface area contributed by atoms with Crippen molar-refractivity contribution in [1.29, 1.82) is 0 Å². The summed E-state index contributed by atoms with van der Waals surface area (Å²) in [5, 5.41) is 26.7. The summed E-state index contributed by atoms with van der Waals surface area (Å²) in [4.78, 5) is 26.7. The van der Waals surface area contributed by atoms with Crippen LogP contribution in [0.25, 0.3) is 0 Å². The van der Waals surface area contributed by atoms with Crippen molar-refractivity contribution in [3.8, 4) is 0 Å². The third kappa shape index (κ3) is 1060. The van der Waals surface area contributed by atoms with Crippen molar-refractivity contribution in [1.82, 2.24) is 0 Å². The molecule has 0 aliphatic heterocycles. The molecule has 0 heterocycles. The summed E-state index contributed by atoms with van der Waals surface area (Å²) in [6.07, 6.45) is 0. The second-order valence-electron chi connectivity index (χ2n) is 1.47. The van der Waals surface area contributed by atoms with Crippen molar-refractivity contribution in [2.24, 2.45) is 0 Å². The number of hydrogen-bond acceptors (Lipinski definition) is 6. The van der Waals surface area contributed by atoms with Gasteiger partial charge in [0.2, 0.25) is 0 Å². The van der Waals surface area contributed by atoms with Crippen LogP contribution in [0.1, 0.15) is 20.8 Å². The number of carbonyl (C=O) groups is 3. The molecule has 0 fully saturated rings. The smallest absolute Gasteiger partial charge is 0.550 e. The fourth-order valence-corrected chi connectivity index (χ4v) is 0. The van der Waals surface area contributed by atoms with Gasteiger partial charge in [0.1, 0.15) is 0 Å². The van der Waals surface area contributed by atoms with Gasteiger partial charge in [-0.25, -0.2) is 0 Å². The van der Waals surface area contributed by atoms with Crippen LogP contribution >= 0.6 is 0 Å². The molecule has 0 saturated heterocycles. The number of rotatable bonds is 0. The summed E-state index contributed by atoms with van der Waals surface area (Å²) >= 11 is 0. The summed E-state index contributed by atoms with van der Waals surface area (Å²) in [6.45, 7) is 2.92. The van der Waals surface area contributed by atoms with Gasteiger partial charge in [0.25, 0.3) is 0 Å². The van der Waals surface area contributed by atoms with Gasteiger partial charge in [0, 0.05) is 17.9 Å². The van der Waals surface area contributed by atoms with E-state index in [-0.39, 0.29) is 20.4 Å². The molecular formula is C6H9O6Re. The van der Waals surface area contributed by atoms with Crippen LogP contribution in [0.15, 0.2) is 0 Å². The molecule has 0 atom stereocenters. The average molecular weight is 363 g/mol. The molecule has 0 aromatic carbocycles. The predicted octanol–water partition coefficient (Wildman–Crippen LogP) is -3.73. The summed E-state index contributed by atoms with van der Waals surface area (Å²) in [6, 6.07) is 0. The fourth-order valence-electron chi connectivity index (χ4n) is 0. The summed E-state index contributed by atoms with van der Waals surface area (Å²) in [7, 11) is 0. The van der Waals surface area contributed by atoms with Crippen molar-refractivity contribution in [2.45, 2.75) is 20.8 Å². The fraction of sp³-hybridized carbons (Fsp3) is 0.500. The summed E-state index contributed by atoms with van der Waals surface area (Å²) < 4.78 is 0. The average Bonchev–Trinajstić information content (AvgIpc) is 1.54. The Morgan fingerprint density at radius 3 is 0.692 bits per heavy atom. The maximum Gasteiger partial charge on any atom is 3.00 e. The first kappa shape index (κ1) is 22.7. The van der Waals surface area contributed by atoms with E-state index in [4.69, 9.17) is 29.7 Å². The Morgan fingerprint density at radius 2 is 0.692 bits per heavy atom. The molecule has 0 aromatic rings. The normalized spacial score (nSPS) is 5.77. The second-order valence-corrected chi connectivity index (χ2v) is 1.47. The van der Waals surface area contributed by atoms with Crippen LogP contribution < -0.4 is 15.3 Å². The molecule has 0 radical (unpaired) electrons. The minimum Gasteiger partial charge on any atom is -0.550 e. The van der Waals surface area contributed by atoms with Crippen molar-refractivity contribution in [3.05, 3.63) is 0 Å². The van der Waals surface area contributed by atoms with E-state index < -0.39 is 17.9 Å². The Labute approximate surface area is 89.2 Å². The molecule has 6 nitrogen and oxygen atoms in total. The van der Waals surface area contributed by atoms with Gasteiger partial charge < -0.3 is 29.7 Å². The molecule has 0 N–H and O–H groups in total. The molecule has 0 aliphatic carbocycles. The van der Waals surface area contributed by atoms with Crippen LogP contribution in [-0.2, 0) is 34.8 Å². The van der Waals surface area contributed by atoms with Crippen LogP contribution in [0.4, 0.5) is 0 Å². The third-order valence-corrected chi connectivity index (χ3v) is 0. The number of hydrogen-bond donors (Lipinski definition) is 0. The molecule has 0 saturated carbocycles. The number of carboxylic acids is 3. The Morgan fingerprint density at radius 1 is 0.692 bits per heavy atom. The summed E-state index contributed by atoms with van der Waals surface area (Å²) in [5.74, 6) is -3.25. The topological polar surface area (TPSA) is 120 Å². The van der Waals surface area contributed by atoms with Gasteiger partial charge in [-0.2, -0.15) is 0 Å². The zero-order valence-electron chi connectivity index (χ0n) is 7.33. The Kier molecular flexibility index (Phi) is 30.1. The monoisotopic (exact) mass is 364 g/mol. The quantitative estimate of drug-likeness (QED) is 0.436. The van der Waals surface area contributed by atoms with Crippen LogP contribution in [0.3, 0.4) is 0 Å². The molecule has 0 rings (SSSR count). The number of aliphatic carboxylic acids is 3. The van der Waals surface area contributed by atoms with E-state index >= 15 is 0 Å². The van der Waals surface area contributed by atoms with Crippen molar-refractivity contribution >= 4 is 17.9 Å². The summed E-state index contributed by atoms with van der Waals surface area (Å²) in [5.41, 5.74) is 0. The van der Waals surface area contributed by atoms with Gasteiger partial charge in [-0.1, -0.05) is 0 Å². The van der Waals surface area contributed by atoms with Gasteiger partial charge in [-0.05, 0) is 20.8 Å². The molecule has 76 valence electrons. The third-order valence-electron chi connectivity index (χ3n) is 0. The van der Waals surface area contributed by atoms with Gasteiger partial charge >= 0.3 is 20.4 Å². The maximum atomic E-state index is 8.89. The standard InChI is InChI=1S/3C2H4O2.Re/c3*1-2(3)4;/h3*1H3,(H,3,4);/q;;;+3/p-3. The van der Waals surface area contributed by atoms with E-state index in [2.05, 4.69) is 0 Å². The van der Waals surface area contributed by atoms with Crippen LogP contribution in [0.5, 0.6) is 0 Å². The van der Waals surface area contributed by atoms with E-state index in [1.807, 2.05) is 0 Å². The Bertz CT molecular complexity index is 115. The van der Waals surface area contributed by atoms with E-state index in [1.54, 1.807) is 0 Å². The molecule has 0 amide bonds. The zero-order chi connectivity index (χ0) is 10.7. The second kappa shape index (κ2) is 17.2. The van der Waals surface area contributed by atoms with E-state index in [0.29, 0.717) is 0 Å². The first-order valence-corrected chi connectivity index (χ1v) is 2.72. The van der Waals surface area contributed by atoms with Gasteiger partial charge in [-0.3, -0.25) is 0 Å². The minimum atomic E-state index is -1.08. The molecule has 13 heavy (non-hydrogen) atoms. The van der Waals surface area contributed by atoms with Gasteiger partial charge in [0.15, 0.2) is 0 Å². The van der Waals surface area contributed by atoms with Crippen LogP contribution in [-0.4, -0.2) is 17.9 Å². The number of carbonyl (C=O) groups excluding carboxylic acids is 3. The molecular weight excluding hydrogens is 354 g/mol. The number of carboxylic acid groups (broad SMARTS) is 3. The van der Waals surface area contributed by atoms with Crippen molar-refractivity contribution in [3.63, 3.8) is 0 Å². The first-order valence-electron chi connectivity index (χ1n) is 2.72. The Balaban J connectivity index is -0.0000000450. The van der Waals surface area contributed by atoms with Gasteiger partial charge in [0.05, 0.1) is 0 Å². The molecule has 0 aliphatic rings. The molecule has 0 unspecified atom stereocenters. The van der Waals surface area contributed by atoms with Crippen molar-refractivity contribution < 1.29 is 50.1 Å². The predicted molar refractivity (Wildman–Crippen MR) is 32.0 cm³/mol. The van der Waals surface area contributed by atoms with E-state index in [9.17, 15) is 0 Å².